The summed E-state index contributed by atoms with van der Waals surface area (Å²) in [6.07, 6.45) is 4.78. The van der Waals surface area contributed by atoms with E-state index < -0.39 is 5.97 Å². The highest BCUT2D eigenvalue weighted by Gasteiger charge is 2.51. The van der Waals surface area contributed by atoms with Gasteiger partial charge in [-0.05, 0) is 43.9 Å². The van der Waals surface area contributed by atoms with Gasteiger partial charge in [0.05, 0.1) is 17.3 Å². The lowest BCUT2D eigenvalue weighted by molar-refractivity contribution is -0.143. The first-order valence-electron chi connectivity index (χ1n) is 7.85. The van der Waals surface area contributed by atoms with E-state index in [1.54, 1.807) is 0 Å². The number of hydrogen-bond donors (Lipinski definition) is 2. The van der Waals surface area contributed by atoms with E-state index in [0.717, 1.165) is 43.5 Å². The van der Waals surface area contributed by atoms with Crippen LogP contribution in [-0.2, 0) is 17.6 Å². The van der Waals surface area contributed by atoms with Gasteiger partial charge < -0.3 is 10.4 Å². The Hall–Kier alpha value is -1.72. The molecule has 4 unspecified atom stereocenters. The molecule has 0 saturated heterocycles. The highest BCUT2D eigenvalue weighted by molar-refractivity contribution is 5.73. The third-order valence-electron chi connectivity index (χ3n) is 5.01. The number of hydrogen-bond acceptors (Lipinski definition) is 5. The summed E-state index contributed by atoms with van der Waals surface area (Å²) in [5, 5.41) is 21.1. The quantitative estimate of drug-likeness (QED) is 0.861. The van der Waals surface area contributed by atoms with Crippen LogP contribution in [0.25, 0.3) is 0 Å². The molecule has 2 bridgehead atoms. The number of carboxylic acid groups (broad SMARTS) is 1. The summed E-state index contributed by atoms with van der Waals surface area (Å²) < 4.78 is 0. The highest BCUT2D eigenvalue weighted by Crippen LogP contribution is 2.49. The van der Waals surface area contributed by atoms with E-state index in [1.807, 2.05) is 13.8 Å². The fourth-order valence-electron chi connectivity index (χ4n) is 4.00. The van der Waals surface area contributed by atoms with Crippen molar-refractivity contribution in [1.29, 1.82) is 0 Å². The predicted octanol–water partition coefficient (Wildman–Crippen LogP) is 1.91. The van der Waals surface area contributed by atoms with Crippen LogP contribution in [0.3, 0.4) is 0 Å². The van der Waals surface area contributed by atoms with Gasteiger partial charge in [-0.25, -0.2) is 4.98 Å². The van der Waals surface area contributed by atoms with Crippen molar-refractivity contribution in [1.82, 2.24) is 15.2 Å². The van der Waals surface area contributed by atoms with Gasteiger partial charge in [0.2, 0.25) is 5.95 Å². The molecule has 2 fully saturated rings. The van der Waals surface area contributed by atoms with Gasteiger partial charge in [0, 0.05) is 6.04 Å². The molecule has 21 heavy (non-hydrogen) atoms. The molecule has 2 aliphatic carbocycles. The molecule has 1 aromatic heterocycles. The van der Waals surface area contributed by atoms with Crippen molar-refractivity contribution in [3.8, 4) is 0 Å². The van der Waals surface area contributed by atoms with Gasteiger partial charge in [0.15, 0.2) is 0 Å². The van der Waals surface area contributed by atoms with Crippen molar-refractivity contribution in [2.75, 3.05) is 5.32 Å². The number of carboxylic acids is 1. The Morgan fingerprint density at radius 1 is 1.19 bits per heavy atom. The van der Waals surface area contributed by atoms with E-state index in [9.17, 15) is 9.90 Å². The van der Waals surface area contributed by atoms with Crippen LogP contribution >= 0.6 is 0 Å². The summed E-state index contributed by atoms with van der Waals surface area (Å²) >= 11 is 0. The maximum Gasteiger partial charge on any atom is 0.308 e. The second kappa shape index (κ2) is 5.58. The number of aromatic nitrogens is 3. The van der Waals surface area contributed by atoms with E-state index in [1.165, 1.54) is 0 Å². The van der Waals surface area contributed by atoms with Gasteiger partial charge in [-0.15, -0.1) is 5.10 Å². The third-order valence-corrected chi connectivity index (χ3v) is 5.01. The lowest BCUT2D eigenvalue weighted by Gasteiger charge is -2.28. The number of nitrogens with one attached hydrogen (secondary N) is 1. The van der Waals surface area contributed by atoms with E-state index in [2.05, 4.69) is 20.5 Å². The van der Waals surface area contributed by atoms with E-state index >= 15 is 0 Å². The Kier molecular flexibility index (Phi) is 3.78. The second-order valence-electron chi connectivity index (χ2n) is 6.10. The SMILES string of the molecule is CCc1nnc(NC2C3CCC(C3)C2C(=O)O)nc1CC. The number of nitrogens with zero attached hydrogens (tertiary/aromatic N) is 3. The van der Waals surface area contributed by atoms with Crippen molar-refractivity contribution in [2.45, 2.75) is 52.0 Å². The Bertz CT molecular complexity index is 548. The largest absolute Gasteiger partial charge is 0.481 e. The summed E-state index contributed by atoms with van der Waals surface area (Å²) in [4.78, 5) is 16.0. The fraction of sp³-hybridized carbons (Fsp3) is 0.733. The van der Waals surface area contributed by atoms with Crippen molar-refractivity contribution in [3.63, 3.8) is 0 Å². The summed E-state index contributed by atoms with van der Waals surface area (Å²) in [5.74, 6) is 0.193. The maximum atomic E-state index is 11.5. The van der Waals surface area contributed by atoms with Crippen LogP contribution in [0.15, 0.2) is 0 Å². The summed E-state index contributed by atoms with van der Waals surface area (Å²) in [7, 11) is 0. The Labute approximate surface area is 124 Å². The van der Waals surface area contributed by atoms with Gasteiger partial charge in [-0.1, -0.05) is 13.8 Å². The molecule has 114 valence electrons. The van der Waals surface area contributed by atoms with Crippen LogP contribution < -0.4 is 5.32 Å². The van der Waals surface area contributed by atoms with Crippen molar-refractivity contribution < 1.29 is 9.90 Å². The molecule has 3 rings (SSSR count). The Balaban J connectivity index is 1.81. The molecule has 6 nitrogen and oxygen atoms in total. The molecule has 1 aromatic rings. The van der Waals surface area contributed by atoms with Gasteiger partial charge in [-0.3, -0.25) is 4.79 Å². The minimum absolute atomic E-state index is 0.0553. The van der Waals surface area contributed by atoms with E-state index in [0.29, 0.717) is 17.8 Å². The Morgan fingerprint density at radius 3 is 2.57 bits per heavy atom. The average Bonchev–Trinajstić information content (AvgIpc) is 3.08. The zero-order valence-electron chi connectivity index (χ0n) is 12.5. The molecule has 0 amide bonds. The summed E-state index contributed by atoms with van der Waals surface area (Å²) in [5.41, 5.74) is 1.87. The first kappa shape index (κ1) is 14.2. The summed E-state index contributed by atoms with van der Waals surface area (Å²) in [6.45, 7) is 4.08. The third kappa shape index (κ3) is 2.47. The van der Waals surface area contributed by atoms with E-state index in [4.69, 9.17) is 0 Å². The topological polar surface area (TPSA) is 88.0 Å². The van der Waals surface area contributed by atoms with Gasteiger partial charge in [-0.2, -0.15) is 5.10 Å². The highest BCUT2D eigenvalue weighted by atomic mass is 16.4. The molecule has 0 spiro atoms. The zero-order chi connectivity index (χ0) is 15.0. The minimum atomic E-state index is -0.700. The molecule has 2 saturated carbocycles. The summed E-state index contributed by atoms with van der Waals surface area (Å²) in [6, 6.07) is -0.0553. The lowest BCUT2D eigenvalue weighted by atomic mass is 9.84. The minimum Gasteiger partial charge on any atom is -0.481 e. The maximum absolute atomic E-state index is 11.5. The molecule has 0 aromatic carbocycles. The number of rotatable bonds is 5. The average molecular weight is 290 g/mol. The monoisotopic (exact) mass is 290 g/mol. The van der Waals surface area contributed by atoms with Crippen LogP contribution in [0, 0.1) is 17.8 Å². The number of aryl methyl sites for hydroxylation is 2. The standard InChI is InChI=1S/C15H22N4O2/c1-3-10-11(4-2)18-19-15(16-10)17-13-9-6-5-8(7-9)12(13)14(20)21/h8-9,12-13H,3-7H2,1-2H3,(H,20,21)(H,16,17,19). The van der Waals surface area contributed by atoms with E-state index in [-0.39, 0.29) is 12.0 Å². The number of anilines is 1. The molecular formula is C15H22N4O2. The second-order valence-corrected chi connectivity index (χ2v) is 6.10. The van der Waals surface area contributed by atoms with Crippen LogP contribution in [0.4, 0.5) is 5.95 Å². The molecule has 0 radical (unpaired) electrons. The smallest absolute Gasteiger partial charge is 0.308 e. The van der Waals surface area contributed by atoms with Gasteiger partial charge in [0.25, 0.3) is 0 Å². The van der Waals surface area contributed by atoms with Crippen LogP contribution in [0.5, 0.6) is 0 Å². The zero-order valence-corrected chi connectivity index (χ0v) is 12.5. The van der Waals surface area contributed by atoms with Gasteiger partial charge in [0.1, 0.15) is 0 Å². The van der Waals surface area contributed by atoms with Crippen LogP contribution in [0.2, 0.25) is 0 Å². The van der Waals surface area contributed by atoms with Crippen LogP contribution in [-0.4, -0.2) is 32.3 Å². The first-order valence-corrected chi connectivity index (χ1v) is 7.85. The molecule has 2 aliphatic rings. The number of aliphatic carboxylic acids is 1. The van der Waals surface area contributed by atoms with Crippen molar-refractivity contribution in [2.24, 2.45) is 17.8 Å². The van der Waals surface area contributed by atoms with Crippen LogP contribution in [0.1, 0.15) is 44.5 Å². The molecular weight excluding hydrogens is 268 g/mol. The number of fused-ring (bicyclic) bond motifs is 2. The van der Waals surface area contributed by atoms with Crippen molar-refractivity contribution in [3.05, 3.63) is 11.4 Å². The molecule has 4 atom stereocenters. The number of carbonyl (C=O) groups is 1. The molecule has 0 aliphatic heterocycles. The lowest BCUT2D eigenvalue weighted by Crippen LogP contribution is -2.39. The predicted molar refractivity (Wildman–Crippen MR) is 78.0 cm³/mol. The molecule has 6 heteroatoms. The Morgan fingerprint density at radius 2 is 1.90 bits per heavy atom. The molecule has 1 heterocycles. The fourth-order valence-corrected chi connectivity index (χ4v) is 4.00. The first-order chi connectivity index (χ1) is 10.1. The normalized spacial score (nSPS) is 30.6. The van der Waals surface area contributed by atoms with Gasteiger partial charge >= 0.3 is 5.97 Å². The molecule has 2 N–H and O–H groups in total. The van der Waals surface area contributed by atoms with Crippen molar-refractivity contribution >= 4 is 11.9 Å².